The number of amides is 2. The normalized spacial score (nSPS) is 23.8. The lowest BCUT2D eigenvalue weighted by molar-refractivity contribution is -0.129. The lowest BCUT2D eigenvalue weighted by atomic mass is 9.80. The van der Waals surface area contributed by atoms with E-state index in [2.05, 4.69) is 0 Å². The van der Waals surface area contributed by atoms with Crippen LogP contribution in [0, 0.1) is 5.92 Å². The zero-order valence-electron chi connectivity index (χ0n) is 29.7. The second-order valence-electron chi connectivity index (χ2n) is 13.9. The monoisotopic (exact) mass is 753 g/mol. The Bertz CT molecular complexity index is 2420. The van der Waals surface area contributed by atoms with E-state index in [1.54, 1.807) is 91.8 Å². The molecule has 53 heavy (non-hydrogen) atoms. The van der Waals surface area contributed by atoms with Crippen LogP contribution in [0.15, 0.2) is 118 Å². The van der Waals surface area contributed by atoms with Crippen molar-refractivity contribution in [1.29, 1.82) is 0 Å². The van der Waals surface area contributed by atoms with Gasteiger partial charge in [0.25, 0.3) is 5.91 Å². The van der Waals surface area contributed by atoms with Crippen LogP contribution in [0.5, 0.6) is 11.5 Å². The standard InChI is InChI=1S/C40H39N3O8S2/c1-41-33-19-17-25(50-3)22-30(33)35(38(41)44)29-16-11-21-43-36(29)37(53(48,49)28-14-9-6-10-15-28)32(24-52(46,47)27-12-7-5-8-13-27)40(43)31-23-26(51-4)18-20-34(31)42(2)39(40)45/h5-10,12-15,17-20,22-23,32,35,37H,11,16,21,24H2,1-4H3/t32-,35-,37-,40+/m0/s1. The van der Waals surface area contributed by atoms with Gasteiger partial charge in [-0.1, -0.05) is 36.4 Å². The number of rotatable bonds is 8. The van der Waals surface area contributed by atoms with Gasteiger partial charge in [-0.3, -0.25) is 9.59 Å². The maximum absolute atomic E-state index is 15.4. The highest BCUT2D eigenvalue weighted by Crippen LogP contribution is 2.62. The van der Waals surface area contributed by atoms with Gasteiger partial charge in [0.1, 0.15) is 16.7 Å². The fourth-order valence-corrected chi connectivity index (χ4v) is 13.0. The Kier molecular flexibility index (Phi) is 8.22. The number of likely N-dealkylation sites (N-methyl/N-ethyl adjacent to an activating group) is 2. The zero-order chi connectivity index (χ0) is 37.4. The highest BCUT2D eigenvalue weighted by Gasteiger charge is 2.70. The van der Waals surface area contributed by atoms with E-state index >= 15 is 13.2 Å². The van der Waals surface area contributed by atoms with Crippen molar-refractivity contribution < 1.29 is 35.9 Å². The molecule has 2 amide bonds. The fraction of sp³-hybridized carbons (Fsp3) is 0.300. The molecule has 1 spiro atoms. The molecule has 8 rings (SSSR count). The number of carbonyl (C=O) groups excluding carboxylic acids is 2. The molecule has 4 heterocycles. The van der Waals surface area contributed by atoms with Crippen molar-refractivity contribution in [3.8, 4) is 11.5 Å². The summed E-state index contributed by atoms with van der Waals surface area (Å²) in [5.74, 6) is -2.63. The number of anilines is 2. The predicted molar refractivity (Wildman–Crippen MR) is 200 cm³/mol. The van der Waals surface area contributed by atoms with E-state index < -0.39 is 54.0 Å². The lowest BCUT2D eigenvalue weighted by Gasteiger charge is -2.42. The van der Waals surface area contributed by atoms with E-state index in [0.29, 0.717) is 58.1 Å². The summed E-state index contributed by atoms with van der Waals surface area (Å²) in [5, 5.41) is -1.53. The Morgan fingerprint density at radius 3 is 2.00 bits per heavy atom. The largest absolute Gasteiger partial charge is 0.497 e. The number of sulfone groups is 2. The van der Waals surface area contributed by atoms with Crippen molar-refractivity contribution in [2.24, 2.45) is 5.92 Å². The van der Waals surface area contributed by atoms with E-state index in [1.165, 1.54) is 43.4 Å². The SMILES string of the molecule is COc1ccc2c(c1)[C@H](C1=C3[C@@H](S(=O)(=O)c4ccccc4)[C@H](CS(=O)(=O)c4ccccc4)[C@]4(C(=O)N(C)c5ccc(OC)cc54)N3CCC1)C(=O)N2C. The van der Waals surface area contributed by atoms with Crippen LogP contribution in [-0.2, 0) is 34.8 Å². The van der Waals surface area contributed by atoms with Gasteiger partial charge >= 0.3 is 0 Å². The number of methoxy groups -OCH3 is 2. The van der Waals surface area contributed by atoms with Gasteiger partial charge in [-0.2, -0.15) is 0 Å². The Hall–Kier alpha value is -5.14. The quantitative estimate of drug-likeness (QED) is 0.246. The fourth-order valence-electron chi connectivity index (χ4n) is 9.06. The lowest BCUT2D eigenvalue weighted by Crippen LogP contribution is -2.54. The number of hydrogen-bond donors (Lipinski definition) is 0. The molecule has 0 unspecified atom stereocenters. The zero-order valence-corrected chi connectivity index (χ0v) is 31.4. The summed E-state index contributed by atoms with van der Waals surface area (Å²) in [6, 6.07) is 26.4. The number of hydrogen-bond acceptors (Lipinski definition) is 9. The first-order valence-electron chi connectivity index (χ1n) is 17.4. The summed E-state index contributed by atoms with van der Waals surface area (Å²) >= 11 is 0. The Balaban J connectivity index is 1.49. The van der Waals surface area contributed by atoms with Crippen molar-refractivity contribution in [3.05, 3.63) is 119 Å². The molecule has 13 heteroatoms. The Morgan fingerprint density at radius 2 is 1.36 bits per heavy atom. The van der Waals surface area contributed by atoms with E-state index in [4.69, 9.17) is 9.47 Å². The predicted octanol–water partition coefficient (Wildman–Crippen LogP) is 4.93. The average molecular weight is 754 g/mol. The van der Waals surface area contributed by atoms with Gasteiger partial charge in [-0.15, -0.1) is 0 Å². The van der Waals surface area contributed by atoms with Crippen molar-refractivity contribution in [2.45, 2.75) is 39.3 Å². The minimum Gasteiger partial charge on any atom is -0.497 e. The molecule has 0 aliphatic carbocycles. The molecule has 1 saturated heterocycles. The summed E-state index contributed by atoms with van der Waals surface area (Å²) in [6.07, 6.45) is 0.844. The number of ether oxygens (including phenoxy) is 2. The molecule has 4 atom stereocenters. The molecule has 274 valence electrons. The summed E-state index contributed by atoms with van der Waals surface area (Å²) < 4.78 is 71.2. The highest BCUT2D eigenvalue weighted by atomic mass is 32.2. The van der Waals surface area contributed by atoms with Crippen LogP contribution in [0.25, 0.3) is 0 Å². The highest BCUT2D eigenvalue weighted by molar-refractivity contribution is 7.93. The molecule has 4 aliphatic rings. The minimum absolute atomic E-state index is 0.0110. The second-order valence-corrected chi connectivity index (χ2v) is 18.0. The molecular formula is C40H39N3O8S2. The number of benzene rings is 4. The molecule has 4 aliphatic heterocycles. The molecule has 0 bridgehead atoms. The van der Waals surface area contributed by atoms with Gasteiger partial charge in [0.05, 0.1) is 35.7 Å². The van der Waals surface area contributed by atoms with E-state index in [0.717, 1.165) is 0 Å². The molecule has 1 fully saturated rings. The van der Waals surface area contributed by atoms with Gasteiger partial charge in [0.2, 0.25) is 5.91 Å². The first-order chi connectivity index (χ1) is 25.4. The van der Waals surface area contributed by atoms with Crippen molar-refractivity contribution in [1.82, 2.24) is 4.90 Å². The van der Waals surface area contributed by atoms with Gasteiger partial charge in [0.15, 0.2) is 25.2 Å². The van der Waals surface area contributed by atoms with Crippen molar-refractivity contribution in [2.75, 3.05) is 50.4 Å². The maximum atomic E-state index is 15.4. The molecule has 0 saturated carbocycles. The van der Waals surface area contributed by atoms with Crippen LogP contribution in [0.1, 0.15) is 29.9 Å². The smallest absolute Gasteiger partial charge is 0.257 e. The number of fused-ring (bicyclic) bond motifs is 5. The van der Waals surface area contributed by atoms with Crippen LogP contribution >= 0.6 is 0 Å². The van der Waals surface area contributed by atoms with Crippen LogP contribution in [0.3, 0.4) is 0 Å². The van der Waals surface area contributed by atoms with Gasteiger partial charge in [0, 0.05) is 49.2 Å². The van der Waals surface area contributed by atoms with E-state index in [1.807, 2.05) is 4.90 Å². The van der Waals surface area contributed by atoms with E-state index in [9.17, 15) is 13.2 Å². The first-order valence-corrected chi connectivity index (χ1v) is 20.6. The van der Waals surface area contributed by atoms with Crippen LogP contribution in [0.2, 0.25) is 0 Å². The summed E-state index contributed by atoms with van der Waals surface area (Å²) in [4.78, 5) is 34.5. The number of carbonyl (C=O) groups is 2. The molecular weight excluding hydrogens is 715 g/mol. The first kappa shape index (κ1) is 34.9. The van der Waals surface area contributed by atoms with Crippen LogP contribution in [0.4, 0.5) is 11.4 Å². The van der Waals surface area contributed by atoms with Crippen molar-refractivity contribution >= 4 is 42.9 Å². The van der Waals surface area contributed by atoms with Crippen LogP contribution in [-0.4, -0.2) is 79.4 Å². The molecule has 0 aromatic heterocycles. The van der Waals surface area contributed by atoms with Crippen molar-refractivity contribution in [3.63, 3.8) is 0 Å². The third-order valence-corrected chi connectivity index (χ3v) is 15.3. The molecule has 4 aromatic rings. The molecule has 4 aromatic carbocycles. The topological polar surface area (TPSA) is 131 Å². The second kappa shape index (κ2) is 12.5. The Morgan fingerprint density at radius 1 is 0.755 bits per heavy atom. The van der Waals surface area contributed by atoms with Gasteiger partial charge in [-0.25, -0.2) is 16.8 Å². The summed E-state index contributed by atoms with van der Waals surface area (Å²) in [7, 11) is -2.30. The summed E-state index contributed by atoms with van der Waals surface area (Å²) in [5.41, 5.74) is 1.37. The van der Waals surface area contributed by atoms with Crippen LogP contribution < -0.4 is 19.3 Å². The third kappa shape index (κ3) is 4.96. The van der Waals surface area contributed by atoms with E-state index in [-0.39, 0.29) is 22.2 Å². The Labute approximate surface area is 309 Å². The number of nitrogens with zero attached hydrogens (tertiary/aromatic N) is 3. The summed E-state index contributed by atoms with van der Waals surface area (Å²) in [6.45, 7) is 0.249. The minimum atomic E-state index is -4.43. The maximum Gasteiger partial charge on any atom is 0.257 e. The molecule has 0 radical (unpaired) electrons. The average Bonchev–Trinajstić information content (AvgIpc) is 3.70. The molecule has 11 nitrogen and oxygen atoms in total. The van der Waals surface area contributed by atoms with Gasteiger partial charge < -0.3 is 24.2 Å². The van der Waals surface area contributed by atoms with Gasteiger partial charge in [-0.05, 0) is 84.6 Å². The molecule has 0 N–H and O–H groups in total. The third-order valence-electron chi connectivity index (χ3n) is 11.4.